The largest absolute Gasteiger partial charge is 0.493 e. The van der Waals surface area contributed by atoms with Crippen molar-refractivity contribution in [2.75, 3.05) is 69.6 Å². The molecule has 1 aliphatic heterocycles. The number of amides is 2. The van der Waals surface area contributed by atoms with Gasteiger partial charge in [-0.2, -0.15) is 0 Å². The van der Waals surface area contributed by atoms with Gasteiger partial charge >= 0.3 is 6.03 Å². The number of methoxy groups -OCH3 is 3. The van der Waals surface area contributed by atoms with Crippen LogP contribution in [-0.4, -0.2) is 75.0 Å². The van der Waals surface area contributed by atoms with Crippen molar-refractivity contribution in [1.82, 2.24) is 14.9 Å². The Balaban J connectivity index is 1.65. The lowest BCUT2D eigenvalue weighted by Crippen LogP contribution is -2.50. The highest BCUT2D eigenvalue weighted by atomic mass is 16.5. The summed E-state index contributed by atoms with van der Waals surface area (Å²) in [6, 6.07) is 5.19. The van der Waals surface area contributed by atoms with Crippen LogP contribution in [0, 0.1) is 6.92 Å². The first kappa shape index (κ1) is 22.3. The summed E-state index contributed by atoms with van der Waals surface area (Å²) in [5.74, 6) is 3.85. The van der Waals surface area contributed by atoms with Crippen LogP contribution in [0.2, 0.25) is 0 Å². The number of hydrogen-bond acceptors (Lipinski definition) is 8. The second-order valence-corrected chi connectivity index (χ2v) is 7.01. The Morgan fingerprint density at radius 3 is 2.19 bits per heavy atom. The molecule has 1 saturated heterocycles. The number of urea groups is 1. The lowest BCUT2D eigenvalue weighted by molar-refractivity contribution is 0.208. The summed E-state index contributed by atoms with van der Waals surface area (Å²) in [5.41, 5.74) is 0.573. The Morgan fingerprint density at radius 2 is 1.65 bits per heavy atom. The van der Waals surface area contributed by atoms with Crippen molar-refractivity contribution < 1.29 is 19.0 Å². The minimum Gasteiger partial charge on any atom is -0.493 e. The summed E-state index contributed by atoms with van der Waals surface area (Å²) in [5, 5.41) is 6.15. The molecule has 10 nitrogen and oxygen atoms in total. The van der Waals surface area contributed by atoms with Gasteiger partial charge < -0.3 is 34.6 Å². The van der Waals surface area contributed by atoms with Crippen LogP contribution in [0.5, 0.6) is 17.2 Å². The predicted octanol–water partition coefficient (Wildman–Crippen LogP) is 2.60. The van der Waals surface area contributed by atoms with E-state index in [1.807, 2.05) is 19.9 Å². The molecule has 3 rings (SSSR count). The fourth-order valence-electron chi connectivity index (χ4n) is 3.48. The number of aromatic nitrogens is 2. The van der Waals surface area contributed by atoms with Gasteiger partial charge in [-0.05, 0) is 13.8 Å². The van der Waals surface area contributed by atoms with Crippen molar-refractivity contribution in [2.24, 2.45) is 0 Å². The zero-order valence-electron chi connectivity index (χ0n) is 18.7. The van der Waals surface area contributed by atoms with Crippen LogP contribution in [0.4, 0.5) is 22.1 Å². The van der Waals surface area contributed by atoms with Crippen molar-refractivity contribution in [1.29, 1.82) is 0 Å². The number of nitrogens with one attached hydrogen (secondary N) is 2. The highest BCUT2D eigenvalue weighted by Gasteiger charge is 2.23. The average Bonchev–Trinajstić information content (AvgIpc) is 2.78. The molecule has 168 valence electrons. The smallest absolute Gasteiger partial charge is 0.321 e. The van der Waals surface area contributed by atoms with Crippen LogP contribution in [-0.2, 0) is 0 Å². The maximum Gasteiger partial charge on any atom is 0.321 e. The van der Waals surface area contributed by atoms with Gasteiger partial charge in [0.25, 0.3) is 0 Å². The number of nitrogens with zero attached hydrogens (tertiary/aromatic N) is 4. The lowest BCUT2D eigenvalue weighted by Gasteiger charge is -2.35. The molecule has 0 aliphatic carbocycles. The summed E-state index contributed by atoms with van der Waals surface area (Å²) in [6.45, 7) is 7.24. The zero-order valence-corrected chi connectivity index (χ0v) is 18.7. The van der Waals surface area contributed by atoms with E-state index in [-0.39, 0.29) is 6.03 Å². The van der Waals surface area contributed by atoms with E-state index < -0.39 is 0 Å². The number of rotatable bonds is 7. The number of ether oxygens (including phenoxy) is 3. The Kier molecular flexibility index (Phi) is 7.22. The molecular weight excluding hydrogens is 400 g/mol. The number of anilines is 3. The van der Waals surface area contributed by atoms with Gasteiger partial charge in [-0.1, -0.05) is 0 Å². The molecule has 0 radical (unpaired) electrons. The van der Waals surface area contributed by atoms with Crippen LogP contribution in [0.1, 0.15) is 12.7 Å². The molecule has 0 bridgehead atoms. The fraction of sp³-hybridized carbons (Fsp3) is 0.476. The van der Waals surface area contributed by atoms with Crippen LogP contribution in [0.25, 0.3) is 0 Å². The van der Waals surface area contributed by atoms with E-state index in [0.29, 0.717) is 49.1 Å². The van der Waals surface area contributed by atoms with E-state index in [4.69, 9.17) is 14.2 Å². The summed E-state index contributed by atoms with van der Waals surface area (Å²) in [7, 11) is 4.62. The van der Waals surface area contributed by atoms with Crippen molar-refractivity contribution in [3.63, 3.8) is 0 Å². The third-order valence-corrected chi connectivity index (χ3v) is 4.99. The van der Waals surface area contributed by atoms with E-state index in [0.717, 1.165) is 24.0 Å². The minimum atomic E-state index is -0.180. The molecule has 1 aromatic heterocycles. The Labute approximate surface area is 182 Å². The molecule has 0 saturated carbocycles. The van der Waals surface area contributed by atoms with Crippen molar-refractivity contribution in [2.45, 2.75) is 13.8 Å². The minimum absolute atomic E-state index is 0.180. The molecule has 0 atom stereocenters. The van der Waals surface area contributed by atoms with E-state index >= 15 is 0 Å². The standard InChI is InChI=1S/C21H30N6O4/c1-6-22-18-13-19(24-14(2)23-18)26-7-9-27(10-8-26)21(28)25-15-11-16(29-3)20(31-5)17(12-15)30-4/h11-13H,6-10H2,1-5H3,(H,25,28)(H,22,23,24). The Morgan fingerprint density at radius 1 is 1.00 bits per heavy atom. The second-order valence-electron chi connectivity index (χ2n) is 7.01. The van der Waals surface area contributed by atoms with Crippen molar-refractivity contribution in [3.8, 4) is 17.2 Å². The molecule has 1 aliphatic rings. The number of piperazine rings is 1. The van der Waals surface area contributed by atoms with Crippen molar-refractivity contribution >= 4 is 23.4 Å². The van der Waals surface area contributed by atoms with Gasteiger partial charge in [0.1, 0.15) is 17.5 Å². The number of hydrogen-bond donors (Lipinski definition) is 2. The van der Waals surface area contributed by atoms with Crippen LogP contribution < -0.4 is 29.7 Å². The van der Waals surface area contributed by atoms with Crippen LogP contribution in [0.3, 0.4) is 0 Å². The Bertz CT molecular complexity index is 890. The van der Waals surface area contributed by atoms with Gasteiger partial charge in [-0.25, -0.2) is 14.8 Å². The Hall–Kier alpha value is -3.43. The van der Waals surface area contributed by atoms with E-state index in [1.165, 1.54) is 0 Å². The third-order valence-electron chi connectivity index (χ3n) is 4.99. The van der Waals surface area contributed by atoms with Gasteiger partial charge in [0, 0.05) is 50.9 Å². The summed E-state index contributed by atoms with van der Waals surface area (Å²) in [6.07, 6.45) is 0. The zero-order chi connectivity index (χ0) is 22.4. The molecule has 0 spiro atoms. The van der Waals surface area contributed by atoms with Gasteiger partial charge in [-0.3, -0.25) is 0 Å². The molecule has 1 aromatic carbocycles. The van der Waals surface area contributed by atoms with E-state index in [9.17, 15) is 4.79 Å². The van der Waals surface area contributed by atoms with Gasteiger partial charge in [-0.15, -0.1) is 0 Å². The number of carbonyl (C=O) groups is 1. The molecule has 2 N–H and O–H groups in total. The second kappa shape index (κ2) is 10.1. The maximum atomic E-state index is 12.8. The topological polar surface area (TPSA) is 101 Å². The van der Waals surface area contributed by atoms with Gasteiger partial charge in [0.2, 0.25) is 5.75 Å². The maximum absolute atomic E-state index is 12.8. The van der Waals surface area contributed by atoms with Gasteiger partial charge in [0.05, 0.1) is 27.0 Å². The molecule has 2 amide bonds. The number of benzene rings is 1. The normalized spacial score (nSPS) is 13.6. The highest BCUT2D eigenvalue weighted by Crippen LogP contribution is 2.40. The summed E-state index contributed by atoms with van der Waals surface area (Å²) < 4.78 is 16.0. The van der Waals surface area contributed by atoms with E-state index in [1.54, 1.807) is 38.4 Å². The molecule has 2 heterocycles. The predicted molar refractivity (Wildman–Crippen MR) is 120 cm³/mol. The molecule has 1 fully saturated rings. The first-order valence-corrected chi connectivity index (χ1v) is 10.2. The first-order valence-electron chi connectivity index (χ1n) is 10.2. The molecule has 2 aromatic rings. The number of aryl methyl sites for hydroxylation is 1. The quantitative estimate of drug-likeness (QED) is 0.691. The van der Waals surface area contributed by atoms with Gasteiger partial charge in [0.15, 0.2) is 11.5 Å². The average molecular weight is 431 g/mol. The summed E-state index contributed by atoms with van der Waals surface area (Å²) >= 11 is 0. The number of carbonyl (C=O) groups excluding carboxylic acids is 1. The SMILES string of the molecule is CCNc1cc(N2CCN(C(=O)Nc3cc(OC)c(OC)c(OC)c3)CC2)nc(C)n1. The lowest BCUT2D eigenvalue weighted by atomic mass is 10.2. The first-order chi connectivity index (χ1) is 15.0. The third kappa shape index (κ3) is 5.19. The molecule has 10 heteroatoms. The summed E-state index contributed by atoms with van der Waals surface area (Å²) in [4.78, 5) is 25.7. The van der Waals surface area contributed by atoms with Crippen molar-refractivity contribution in [3.05, 3.63) is 24.0 Å². The highest BCUT2D eigenvalue weighted by molar-refractivity contribution is 5.90. The molecular formula is C21H30N6O4. The van der Waals surface area contributed by atoms with Crippen LogP contribution in [0.15, 0.2) is 18.2 Å². The monoisotopic (exact) mass is 430 g/mol. The van der Waals surface area contributed by atoms with Crippen LogP contribution >= 0.6 is 0 Å². The molecule has 31 heavy (non-hydrogen) atoms. The van der Waals surface area contributed by atoms with E-state index in [2.05, 4.69) is 25.5 Å². The molecule has 0 unspecified atom stereocenters. The fourth-order valence-corrected chi connectivity index (χ4v) is 3.48.